The van der Waals surface area contributed by atoms with Crippen LogP contribution in [-0.4, -0.2) is 42.2 Å². The van der Waals surface area contributed by atoms with Crippen molar-refractivity contribution in [2.24, 2.45) is 0 Å². The van der Waals surface area contributed by atoms with E-state index in [0.717, 1.165) is 25.2 Å². The van der Waals surface area contributed by atoms with Crippen LogP contribution >= 0.6 is 39.5 Å². The predicted molar refractivity (Wildman–Crippen MR) is 93.5 cm³/mol. The lowest BCUT2D eigenvalue weighted by Gasteiger charge is -2.29. The number of benzene rings is 1. The maximum atomic E-state index is 5.86. The number of hydrogen-bond donors (Lipinski definition) is 1. The minimum absolute atomic E-state index is 0.524. The summed E-state index contributed by atoms with van der Waals surface area (Å²) < 4.78 is 7.03. The van der Waals surface area contributed by atoms with E-state index in [1.54, 1.807) is 0 Å². The highest BCUT2D eigenvalue weighted by Crippen LogP contribution is 2.35. The van der Waals surface area contributed by atoms with Crippen molar-refractivity contribution in [3.05, 3.63) is 27.7 Å². The van der Waals surface area contributed by atoms with E-state index in [9.17, 15) is 0 Å². The van der Waals surface area contributed by atoms with Crippen LogP contribution in [0.15, 0.2) is 16.6 Å². The molecule has 0 saturated carbocycles. The number of hydrogen-bond acceptors (Lipinski definition) is 4. The monoisotopic (exact) mass is 373 g/mol. The third-order valence-electron chi connectivity index (χ3n) is 3.93. The summed E-state index contributed by atoms with van der Waals surface area (Å²) in [4.78, 5) is 0. The molecule has 5 heteroatoms. The molecule has 1 aromatic carbocycles. The molecule has 1 aromatic rings. The molecule has 2 aliphatic heterocycles. The van der Waals surface area contributed by atoms with Gasteiger partial charge in [-0.25, -0.2) is 0 Å². The van der Waals surface area contributed by atoms with Gasteiger partial charge in [0.1, 0.15) is 5.75 Å². The molecule has 0 bridgehead atoms. The molecule has 3 rings (SSSR count). The zero-order chi connectivity index (χ0) is 13.9. The van der Waals surface area contributed by atoms with Gasteiger partial charge >= 0.3 is 0 Å². The van der Waals surface area contributed by atoms with Crippen molar-refractivity contribution >= 4 is 39.5 Å². The summed E-state index contributed by atoms with van der Waals surface area (Å²) in [6.45, 7) is 0.830. The molecule has 2 atom stereocenters. The normalized spacial score (nSPS) is 23.2. The van der Waals surface area contributed by atoms with Crippen molar-refractivity contribution in [2.45, 2.75) is 24.1 Å². The highest BCUT2D eigenvalue weighted by molar-refractivity contribution is 9.10. The summed E-state index contributed by atoms with van der Waals surface area (Å²) in [5, 5.41) is 4.23. The minimum Gasteiger partial charge on any atom is -0.493 e. The molecule has 2 aliphatic rings. The molecular weight excluding hydrogens is 354 g/mol. The largest absolute Gasteiger partial charge is 0.493 e. The summed E-state index contributed by atoms with van der Waals surface area (Å²) in [5.41, 5.74) is 2.71. The van der Waals surface area contributed by atoms with Crippen molar-refractivity contribution in [2.75, 3.05) is 30.9 Å². The van der Waals surface area contributed by atoms with Gasteiger partial charge in [0.05, 0.1) is 6.61 Å². The van der Waals surface area contributed by atoms with Gasteiger partial charge in [-0.3, -0.25) is 0 Å². The van der Waals surface area contributed by atoms with E-state index in [0.29, 0.717) is 11.3 Å². The molecule has 0 radical (unpaired) electrons. The summed E-state index contributed by atoms with van der Waals surface area (Å²) in [7, 11) is 2.09. The number of nitrogens with one attached hydrogen (secondary N) is 1. The molecule has 1 N–H and O–H groups in total. The van der Waals surface area contributed by atoms with Crippen LogP contribution in [0.1, 0.15) is 11.1 Å². The quantitative estimate of drug-likeness (QED) is 0.872. The Hall–Kier alpha value is 0.160. The van der Waals surface area contributed by atoms with Gasteiger partial charge in [-0.05, 0) is 36.7 Å². The Kier molecular flexibility index (Phi) is 5.23. The topological polar surface area (TPSA) is 21.3 Å². The lowest BCUT2D eigenvalue weighted by Crippen LogP contribution is -2.40. The standard InChI is InChI=1S/C15H20BrNOS2/c1-17-13(14-9-19-4-5-20-14)8-11-7-12(16)6-10-2-3-18-15(10)11/h6-7,13-14,17H,2-5,8-9H2,1H3. The Balaban J connectivity index is 1.78. The molecule has 0 aromatic heterocycles. The van der Waals surface area contributed by atoms with Crippen LogP contribution in [0.25, 0.3) is 0 Å². The second-order valence-corrected chi connectivity index (χ2v) is 8.65. The first-order chi connectivity index (χ1) is 9.78. The average Bonchev–Trinajstić information content (AvgIpc) is 2.93. The maximum absolute atomic E-state index is 5.86. The zero-order valence-corrected chi connectivity index (χ0v) is 14.9. The smallest absolute Gasteiger partial charge is 0.125 e. The van der Waals surface area contributed by atoms with E-state index in [-0.39, 0.29) is 0 Å². The molecule has 0 spiro atoms. The first-order valence-electron chi connectivity index (χ1n) is 7.08. The molecule has 1 fully saturated rings. The third kappa shape index (κ3) is 3.32. The van der Waals surface area contributed by atoms with Gasteiger partial charge < -0.3 is 10.1 Å². The van der Waals surface area contributed by atoms with Crippen LogP contribution in [-0.2, 0) is 12.8 Å². The van der Waals surface area contributed by atoms with Gasteiger partial charge in [0.2, 0.25) is 0 Å². The fourth-order valence-corrected chi connectivity index (χ4v) is 6.37. The van der Waals surface area contributed by atoms with Gasteiger partial charge in [-0.15, -0.1) is 0 Å². The van der Waals surface area contributed by atoms with E-state index in [1.165, 1.54) is 32.9 Å². The van der Waals surface area contributed by atoms with Crippen LogP contribution in [0.2, 0.25) is 0 Å². The van der Waals surface area contributed by atoms with Crippen LogP contribution in [0, 0.1) is 0 Å². The second-order valence-electron chi connectivity index (χ2n) is 5.24. The van der Waals surface area contributed by atoms with Crippen molar-refractivity contribution < 1.29 is 4.74 Å². The van der Waals surface area contributed by atoms with Crippen molar-refractivity contribution in [1.82, 2.24) is 5.32 Å². The summed E-state index contributed by atoms with van der Waals surface area (Å²) in [6.07, 6.45) is 2.09. The Morgan fingerprint density at radius 2 is 2.35 bits per heavy atom. The Labute approximate surface area is 137 Å². The molecule has 2 heterocycles. The number of ether oxygens (including phenoxy) is 1. The molecule has 0 amide bonds. The summed E-state index contributed by atoms with van der Waals surface area (Å²) >= 11 is 7.84. The lowest BCUT2D eigenvalue weighted by atomic mass is 10.00. The fraction of sp³-hybridized carbons (Fsp3) is 0.600. The molecule has 2 nitrogen and oxygen atoms in total. The van der Waals surface area contributed by atoms with E-state index >= 15 is 0 Å². The van der Waals surface area contributed by atoms with Crippen LogP contribution in [0.5, 0.6) is 5.75 Å². The first kappa shape index (κ1) is 15.1. The maximum Gasteiger partial charge on any atom is 0.125 e. The molecule has 2 unspecified atom stereocenters. The Morgan fingerprint density at radius 1 is 1.45 bits per heavy atom. The van der Waals surface area contributed by atoms with Gasteiger partial charge in [-0.1, -0.05) is 15.9 Å². The zero-order valence-electron chi connectivity index (χ0n) is 11.7. The summed E-state index contributed by atoms with van der Waals surface area (Å²) in [6, 6.07) is 4.95. The molecule has 0 aliphatic carbocycles. The Morgan fingerprint density at radius 3 is 3.10 bits per heavy atom. The van der Waals surface area contributed by atoms with Gasteiger partial charge in [-0.2, -0.15) is 23.5 Å². The molecule has 110 valence electrons. The number of thioether (sulfide) groups is 2. The van der Waals surface area contributed by atoms with Crippen molar-refractivity contribution in [3.8, 4) is 5.75 Å². The van der Waals surface area contributed by atoms with E-state index < -0.39 is 0 Å². The number of fused-ring (bicyclic) bond motifs is 1. The minimum atomic E-state index is 0.524. The number of rotatable bonds is 4. The second kappa shape index (κ2) is 6.95. The Bertz CT molecular complexity index is 477. The van der Waals surface area contributed by atoms with Crippen LogP contribution < -0.4 is 10.1 Å². The van der Waals surface area contributed by atoms with Crippen molar-refractivity contribution in [1.29, 1.82) is 0 Å². The lowest BCUT2D eigenvalue weighted by molar-refractivity contribution is 0.351. The van der Waals surface area contributed by atoms with E-state index in [1.807, 2.05) is 0 Å². The van der Waals surface area contributed by atoms with Crippen LogP contribution in [0.3, 0.4) is 0 Å². The van der Waals surface area contributed by atoms with Gasteiger partial charge in [0.15, 0.2) is 0 Å². The van der Waals surface area contributed by atoms with Gasteiger partial charge in [0.25, 0.3) is 0 Å². The highest BCUT2D eigenvalue weighted by atomic mass is 79.9. The van der Waals surface area contributed by atoms with Crippen LogP contribution in [0.4, 0.5) is 0 Å². The fourth-order valence-electron chi connectivity index (χ4n) is 2.89. The summed E-state index contributed by atoms with van der Waals surface area (Å²) in [5.74, 6) is 4.97. The SMILES string of the molecule is CNC(Cc1cc(Br)cc2c1OCC2)C1CSCCS1. The van der Waals surface area contributed by atoms with E-state index in [2.05, 4.69) is 64.0 Å². The number of likely N-dealkylation sites (N-methyl/N-ethyl adjacent to an activating group) is 1. The first-order valence-corrected chi connectivity index (χ1v) is 10.1. The van der Waals surface area contributed by atoms with Crippen molar-refractivity contribution in [3.63, 3.8) is 0 Å². The molecule has 1 saturated heterocycles. The highest BCUT2D eigenvalue weighted by Gasteiger charge is 2.26. The molecular formula is C15H20BrNOS2. The number of halogens is 1. The average molecular weight is 374 g/mol. The molecule has 20 heavy (non-hydrogen) atoms. The van der Waals surface area contributed by atoms with E-state index in [4.69, 9.17) is 4.74 Å². The predicted octanol–water partition coefficient (Wildman–Crippen LogP) is 3.36. The van der Waals surface area contributed by atoms with Gasteiger partial charge in [0, 0.05) is 39.4 Å². The third-order valence-corrected chi connectivity index (χ3v) is 7.30.